The molecule has 8 heteroatoms. The minimum atomic E-state index is 0.0511. The van der Waals surface area contributed by atoms with Gasteiger partial charge in [-0.3, -0.25) is 9.82 Å². The summed E-state index contributed by atoms with van der Waals surface area (Å²) in [4.78, 5) is 5.57. The Bertz CT molecular complexity index is 944. The molecule has 0 aliphatic carbocycles. The van der Waals surface area contributed by atoms with Crippen LogP contribution in [0.25, 0.3) is 11.1 Å². The third-order valence-electron chi connectivity index (χ3n) is 4.68. The smallest absolute Gasteiger partial charge is 0.237 e. The van der Waals surface area contributed by atoms with E-state index in [0.717, 1.165) is 47.8 Å². The molecule has 0 saturated heterocycles. The van der Waals surface area contributed by atoms with E-state index in [1.54, 1.807) is 4.68 Å². The minimum Gasteiger partial charge on any atom is -0.470 e. The molecule has 3 aromatic rings. The van der Waals surface area contributed by atoms with Crippen molar-refractivity contribution in [2.24, 2.45) is 12.2 Å². The molecule has 4 rings (SSSR count). The molecule has 4 N–H and O–H groups in total. The summed E-state index contributed by atoms with van der Waals surface area (Å²) < 4.78 is 7.82. The van der Waals surface area contributed by atoms with Gasteiger partial charge in [0, 0.05) is 42.0 Å². The maximum absolute atomic E-state index is 6.04. The van der Waals surface area contributed by atoms with Gasteiger partial charge in [0.25, 0.3) is 0 Å². The number of nitrogens with two attached hydrogens (primary N) is 1. The third kappa shape index (κ3) is 4.46. The van der Waals surface area contributed by atoms with Crippen LogP contribution in [0.4, 0.5) is 5.69 Å². The summed E-state index contributed by atoms with van der Waals surface area (Å²) in [5, 5.41) is 16.7. The molecule has 1 aromatic carbocycles. The third-order valence-corrected chi connectivity index (χ3v) is 5.21. The first-order valence-corrected chi connectivity index (χ1v) is 10.2. The molecule has 0 bridgehead atoms. The van der Waals surface area contributed by atoms with E-state index in [1.807, 2.05) is 37.8 Å². The highest BCUT2D eigenvalue weighted by Gasteiger charge is 2.20. The Labute approximate surface area is 168 Å². The SMILES string of the molecule is Cn1cc(-c2cnc3c(c2)NCC(CNCCc2cccc(SN)c2)O3)cn1. The van der Waals surface area contributed by atoms with Crippen LogP contribution in [0.15, 0.2) is 53.8 Å². The number of rotatable bonds is 7. The Morgan fingerprint density at radius 3 is 3.07 bits per heavy atom. The standard InChI is InChI=1S/C20H24N6OS/c1-26-13-16(10-25-26)15-8-19-20(24-9-15)27-17(12-23-19)11-22-6-5-14-3-2-4-18(7-14)28-21/h2-4,7-10,13,17,22-23H,5-6,11-12,21H2,1H3. The van der Waals surface area contributed by atoms with Gasteiger partial charge < -0.3 is 15.4 Å². The number of anilines is 1. The van der Waals surface area contributed by atoms with Crippen molar-refractivity contribution in [1.29, 1.82) is 0 Å². The number of nitrogens with one attached hydrogen (secondary N) is 2. The summed E-state index contributed by atoms with van der Waals surface area (Å²) in [6, 6.07) is 10.4. The van der Waals surface area contributed by atoms with Gasteiger partial charge in [0.1, 0.15) is 6.10 Å². The number of aryl methyl sites for hydroxylation is 1. The van der Waals surface area contributed by atoms with Crippen molar-refractivity contribution in [3.8, 4) is 17.0 Å². The predicted octanol–water partition coefficient (Wildman–Crippen LogP) is 2.45. The van der Waals surface area contributed by atoms with Gasteiger partial charge in [-0.15, -0.1) is 0 Å². The lowest BCUT2D eigenvalue weighted by Gasteiger charge is -2.27. The fourth-order valence-corrected chi connectivity index (χ4v) is 3.58. The molecule has 1 aliphatic rings. The summed E-state index contributed by atoms with van der Waals surface area (Å²) >= 11 is 1.28. The second-order valence-corrected chi connectivity index (χ2v) is 7.53. The van der Waals surface area contributed by atoms with E-state index in [2.05, 4.69) is 38.9 Å². The molecule has 7 nitrogen and oxygen atoms in total. The van der Waals surface area contributed by atoms with E-state index in [9.17, 15) is 0 Å². The van der Waals surface area contributed by atoms with E-state index in [1.165, 1.54) is 17.5 Å². The van der Waals surface area contributed by atoms with Gasteiger partial charge in [0.2, 0.25) is 5.88 Å². The van der Waals surface area contributed by atoms with Gasteiger partial charge in [-0.05, 0) is 48.7 Å². The first kappa shape index (κ1) is 18.8. The monoisotopic (exact) mass is 396 g/mol. The van der Waals surface area contributed by atoms with Crippen LogP contribution in [0.3, 0.4) is 0 Å². The average molecular weight is 397 g/mol. The fourth-order valence-electron chi connectivity index (χ4n) is 3.21. The zero-order valence-corrected chi connectivity index (χ0v) is 16.6. The topological polar surface area (TPSA) is 90.0 Å². The quantitative estimate of drug-likeness (QED) is 0.417. The van der Waals surface area contributed by atoms with Gasteiger partial charge in [-0.2, -0.15) is 5.10 Å². The molecular formula is C20H24N6OS. The highest BCUT2D eigenvalue weighted by Crippen LogP contribution is 2.30. The second-order valence-electron chi connectivity index (χ2n) is 6.82. The number of hydrogen-bond donors (Lipinski definition) is 3. The summed E-state index contributed by atoms with van der Waals surface area (Å²) in [5.41, 5.74) is 4.27. The van der Waals surface area contributed by atoms with Crippen LogP contribution in [0, 0.1) is 0 Å². The normalized spacial score (nSPS) is 15.6. The second kappa shape index (κ2) is 8.64. The van der Waals surface area contributed by atoms with Crippen molar-refractivity contribution in [1.82, 2.24) is 20.1 Å². The van der Waals surface area contributed by atoms with Crippen LogP contribution in [0.1, 0.15) is 5.56 Å². The largest absolute Gasteiger partial charge is 0.470 e. The summed E-state index contributed by atoms with van der Waals surface area (Å²) in [5.74, 6) is 0.651. The van der Waals surface area contributed by atoms with Crippen LogP contribution in [0.5, 0.6) is 5.88 Å². The highest BCUT2D eigenvalue weighted by molar-refractivity contribution is 7.97. The highest BCUT2D eigenvalue weighted by atomic mass is 32.2. The molecule has 0 spiro atoms. The first-order chi connectivity index (χ1) is 13.7. The summed E-state index contributed by atoms with van der Waals surface area (Å²) in [6.45, 7) is 2.40. The van der Waals surface area contributed by atoms with E-state index < -0.39 is 0 Å². The van der Waals surface area contributed by atoms with Crippen molar-refractivity contribution in [3.63, 3.8) is 0 Å². The van der Waals surface area contributed by atoms with Crippen molar-refractivity contribution in [2.75, 3.05) is 25.0 Å². The molecule has 1 atom stereocenters. The van der Waals surface area contributed by atoms with Gasteiger partial charge in [0.15, 0.2) is 0 Å². The Kier molecular flexibility index (Phi) is 5.80. The van der Waals surface area contributed by atoms with Crippen LogP contribution < -0.4 is 20.5 Å². The Hall–Kier alpha value is -2.55. The molecule has 0 saturated carbocycles. The predicted molar refractivity (Wildman–Crippen MR) is 112 cm³/mol. The number of pyridine rings is 1. The lowest BCUT2D eigenvalue weighted by Crippen LogP contribution is -2.40. The van der Waals surface area contributed by atoms with Gasteiger partial charge in [-0.1, -0.05) is 12.1 Å². The first-order valence-electron chi connectivity index (χ1n) is 9.27. The number of fused-ring (bicyclic) bond motifs is 1. The maximum atomic E-state index is 6.04. The van der Waals surface area contributed by atoms with E-state index in [0.29, 0.717) is 5.88 Å². The van der Waals surface area contributed by atoms with Crippen molar-refractivity contribution < 1.29 is 4.74 Å². The molecule has 0 amide bonds. The zero-order valence-electron chi connectivity index (χ0n) is 15.8. The molecule has 1 unspecified atom stereocenters. The van der Waals surface area contributed by atoms with Gasteiger partial charge in [-0.25, -0.2) is 4.98 Å². The Balaban J connectivity index is 1.28. The molecule has 0 fully saturated rings. The number of benzene rings is 1. The lowest BCUT2D eigenvalue weighted by atomic mass is 10.1. The van der Waals surface area contributed by atoms with Gasteiger partial charge in [0.05, 0.1) is 18.4 Å². The van der Waals surface area contributed by atoms with Crippen LogP contribution >= 0.6 is 11.9 Å². The van der Waals surface area contributed by atoms with Crippen molar-refractivity contribution >= 4 is 17.6 Å². The Morgan fingerprint density at radius 2 is 2.25 bits per heavy atom. The van der Waals surface area contributed by atoms with Crippen molar-refractivity contribution in [2.45, 2.75) is 17.4 Å². The number of ether oxygens (including phenoxy) is 1. The molecule has 2 aromatic heterocycles. The molecule has 28 heavy (non-hydrogen) atoms. The van der Waals surface area contributed by atoms with Crippen molar-refractivity contribution in [3.05, 3.63) is 54.5 Å². The molecule has 0 radical (unpaired) electrons. The summed E-state index contributed by atoms with van der Waals surface area (Å²) in [7, 11) is 1.90. The van der Waals surface area contributed by atoms with Crippen LogP contribution in [0.2, 0.25) is 0 Å². The van der Waals surface area contributed by atoms with E-state index in [-0.39, 0.29) is 6.10 Å². The zero-order chi connectivity index (χ0) is 19.3. The van der Waals surface area contributed by atoms with Crippen LogP contribution in [-0.4, -0.2) is 40.5 Å². The molecular weight excluding hydrogens is 372 g/mol. The number of aromatic nitrogens is 3. The molecule has 146 valence electrons. The van der Waals surface area contributed by atoms with E-state index >= 15 is 0 Å². The van der Waals surface area contributed by atoms with Gasteiger partial charge >= 0.3 is 0 Å². The molecule has 3 heterocycles. The number of nitrogens with zero attached hydrogens (tertiary/aromatic N) is 3. The average Bonchev–Trinajstić information content (AvgIpc) is 3.17. The molecule has 1 aliphatic heterocycles. The lowest BCUT2D eigenvalue weighted by molar-refractivity contribution is 0.194. The number of hydrogen-bond acceptors (Lipinski definition) is 7. The van der Waals surface area contributed by atoms with Crippen LogP contribution in [-0.2, 0) is 13.5 Å². The van der Waals surface area contributed by atoms with E-state index in [4.69, 9.17) is 9.88 Å². The maximum Gasteiger partial charge on any atom is 0.237 e. The summed E-state index contributed by atoms with van der Waals surface area (Å²) in [6.07, 6.45) is 6.65. The minimum absolute atomic E-state index is 0.0511. The Morgan fingerprint density at radius 1 is 1.32 bits per heavy atom. The fraction of sp³-hybridized carbons (Fsp3) is 0.300.